The SMILES string of the molecule is Cc1cccc(OCC(=O)NCC(=O)NN=Cc2ccc(OCC(C)C)cc2)c1. The van der Waals surface area contributed by atoms with E-state index in [1.165, 1.54) is 6.21 Å². The first-order valence-corrected chi connectivity index (χ1v) is 9.43. The zero-order valence-electron chi connectivity index (χ0n) is 17.0. The van der Waals surface area contributed by atoms with Gasteiger partial charge in [-0.25, -0.2) is 5.43 Å². The first-order valence-electron chi connectivity index (χ1n) is 9.43. The second-order valence-electron chi connectivity index (χ2n) is 6.95. The van der Waals surface area contributed by atoms with Crippen molar-refractivity contribution >= 4 is 18.0 Å². The highest BCUT2D eigenvalue weighted by Crippen LogP contribution is 2.12. The average molecular weight is 397 g/mol. The number of carbonyl (C=O) groups excluding carboxylic acids is 2. The number of aryl methyl sites for hydroxylation is 1. The zero-order valence-corrected chi connectivity index (χ0v) is 17.0. The fraction of sp³-hybridized carbons (Fsp3) is 0.318. The monoisotopic (exact) mass is 397 g/mol. The number of hydrogen-bond acceptors (Lipinski definition) is 5. The fourth-order valence-electron chi connectivity index (χ4n) is 2.22. The van der Waals surface area contributed by atoms with Crippen LogP contribution in [0.2, 0.25) is 0 Å². The van der Waals surface area contributed by atoms with Crippen molar-refractivity contribution < 1.29 is 19.1 Å². The average Bonchev–Trinajstić information content (AvgIpc) is 2.70. The summed E-state index contributed by atoms with van der Waals surface area (Å²) < 4.78 is 11.0. The molecule has 0 saturated heterocycles. The van der Waals surface area contributed by atoms with Gasteiger partial charge in [0.2, 0.25) is 0 Å². The summed E-state index contributed by atoms with van der Waals surface area (Å²) in [5.41, 5.74) is 4.22. The Bertz CT molecular complexity index is 832. The summed E-state index contributed by atoms with van der Waals surface area (Å²) in [4.78, 5) is 23.5. The van der Waals surface area contributed by atoms with Crippen LogP contribution in [-0.4, -0.2) is 37.8 Å². The number of amides is 2. The van der Waals surface area contributed by atoms with Crippen LogP contribution in [-0.2, 0) is 9.59 Å². The minimum atomic E-state index is -0.429. The Balaban J connectivity index is 1.66. The minimum absolute atomic E-state index is 0.161. The lowest BCUT2D eigenvalue weighted by molar-refractivity contribution is -0.127. The van der Waals surface area contributed by atoms with Gasteiger partial charge in [-0.15, -0.1) is 0 Å². The number of nitrogens with one attached hydrogen (secondary N) is 2. The van der Waals surface area contributed by atoms with Crippen molar-refractivity contribution in [3.63, 3.8) is 0 Å². The number of benzene rings is 2. The van der Waals surface area contributed by atoms with E-state index in [2.05, 4.69) is 29.7 Å². The van der Waals surface area contributed by atoms with Crippen LogP contribution < -0.4 is 20.2 Å². The van der Waals surface area contributed by atoms with E-state index in [1.807, 2.05) is 49.4 Å². The summed E-state index contributed by atoms with van der Waals surface area (Å²) >= 11 is 0. The molecule has 7 nitrogen and oxygen atoms in total. The van der Waals surface area contributed by atoms with E-state index in [0.717, 1.165) is 16.9 Å². The molecule has 2 N–H and O–H groups in total. The second-order valence-corrected chi connectivity index (χ2v) is 6.95. The topological polar surface area (TPSA) is 89.0 Å². The molecule has 2 amide bonds. The van der Waals surface area contributed by atoms with Gasteiger partial charge < -0.3 is 14.8 Å². The van der Waals surface area contributed by atoms with Crippen LogP contribution in [0.4, 0.5) is 0 Å². The maximum absolute atomic E-state index is 11.8. The fourth-order valence-corrected chi connectivity index (χ4v) is 2.22. The molecule has 0 aliphatic rings. The van der Waals surface area contributed by atoms with Gasteiger partial charge in [-0.05, 0) is 60.4 Å². The molecule has 7 heteroatoms. The lowest BCUT2D eigenvalue weighted by atomic mass is 10.2. The van der Waals surface area contributed by atoms with Gasteiger partial charge in [0.1, 0.15) is 11.5 Å². The molecule has 2 aromatic carbocycles. The van der Waals surface area contributed by atoms with Gasteiger partial charge in [0, 0.05) is 0 Å². The number of ether oxygens (including phenoxy) is 2. The molecule has 0 heterocycles. The molecule has 0 aliphatic heterocycles. The van der Waals surface area contributed by atoms with Crippen molar-refractivity contribution in [1.82, 2.24) is 10.7 Å². The van der Waals surface area contributed by atoms with Gasteiger partial charge in [0.25, 0.3) is 11.8 Å². The van der Waals surface area contributed by atoms with E-state index in [1.54, 1.807) is 6.07 Å². The van der Waals surface area contributed by atoms with E-state index in [4.69, 9.17) is 9.47 Å². The van der Waals surface area contributed by atoms with Gasteiger partial charge in [-0.1, -0.05) is 26.0 Å². The lowest BCUT2D eigenvalue weighted by Crippen LogP contribution is -2.37. The molecule has 29 heavy (non-hydrogen) atoms. The van der Waals surface area contributed by atoms with Crippen LogP contribution in [0, 0.1) is 12.8 Å². The van der Waals surface area contributed by atoms with Gasteiger partial charge in [0.05, 0.1) is 19.4 Å². The third-order valence-electron chi connectivity index (χ3n) is 3.67. The highest BCUT2D eigenvalue weighted by Gasteiger charge is 2.06. The smallest absolute Gasteiger partial charge is 0.259 e. The summed E-state index contributed by atoms with van der Waals surface area (Å²) in [5, 5.41) is 6.36. The first-order chi connectivity index (χ1) is 13.9. The number of nitrogens with zero attached hydrogens (tertiary/aromatic N) is 1. The molecular weight excluding hydrogens is 370 g/mol. The predicted octanol–water partition coefficient (Wildman–Crippen LogP) is 2.68. The Kier molecular flexibility index (Phi) is 8.69. The van der Waals surface area contributed by atoms with Crippen LogP contribution in [0.15, 0.2) is 53.6 Å². The Morgan fingerprint density at radius 1 is 1.03 bits per heavy atom. The minimum Gasteiger partial charge on any atom is -0.493 e. The third-order valence-corrected chi connectivity index (χ3v) is 3.67. The maximum Gasteiger partial charge on any atom is 0.259 e. The molecule has 154 valence electrons. The largest absolute Gasteiger partial charge is 0.493 e. The Hall–Kier alpha value is -3.35. The first kappa shape index (κ1) is 21.9. The normalized spacial score (nSPS) is 10.8. The molecule has 2 rings (SSSR count). The van der Waals surface area contributed by atoms with Crippen molar-refractivity contribution in [2.75, 3.05) is 19.8 Å². The summed E-state index contributed by atoms with van der Waals surface area (Å²) in [6, 6.07) is 14.8. The molecule has 0 aliphatic carbocycles. The van der Waals surface area contributed by atoms with Gasteiger partial charge in [-0.3, -0.25) is 9.59 Å². The highest BCUT2D eigenvalue weighted by molar-refractivity contribution is 5.86. The van der Waals surface area contributed by atoms with E-state index in [0.29, 0.717) is 18.3 Å². The molecule has 0 fully saturated rings. The number of hydrazone groups is 1. The molecule has 0 saturated carbocycles. The zero-order chi connectivity index (χ0) is 21.1. The highest BCUT2D eigenvalue weighted by atomic mass is 16.5. The number of hydrogen-bond donors (Lipinski definition) is 2. The van der Waals surface area contributed by atoms with E-state index < -0.39 is 5.91 Å². The summed E-state index contributed by atoms with van der Waals surface area (Å²) in [7, 11) is 0. The molecule has 0 spiro atoms. The van der Waals surface area contributed by atoms with Gasteiger partial charge in [-0.2, -0.15) is 5.10 Å². The predicted molar refractivity (Wildman–Crippen MR) is 112 cm³/mol. The third kappa shape index (κ3) is 8.92. The van der Waals surface area contributed by atoms with Crippen LogP contribution in [0.1, 0.15) is 25.0 Å². The molecule has 0 aromatic heterocycles. The summed E-state index contributed by atoms with van der Waals surface area (Å²) in [6.07, 6.45) is 1.52. The van der Waals surface area contributed by atoms with Crippen molar-refractivity contribution in [3.05, 3.63) is 59.7 Å². The second kappa shape index (κ2) is 11.5. The number of carbonyl (C=O) groups is 2. The molecule has 0 bridgehead atoms. The van der Waals surface area contributed by atoms with E-state index in [9.17, 15) is 9.59 Å². The summed E-state index contributed by atoms with van der Waals surface area (Å²) in [6.45, 7) is 6.42. The molecule has 0 radical (unpaired) electrons. The van der Waals surface area contributed by atoms with Gasteiger partial charge >= 0.3 is 0 Å². The lowest BCUT2D eigenvalue weighted by Gasteiger charge is -2.08. The Morgan fingerprint density at radius 2 is 1.79 bits per heavy atom. The van der Waals surface area contributed by atoms with Crippen molar-refractivity contribution in [2.24, 2.45) is 11.0 Å². The van der Waals surface area contributed by atoms with Crippen molar-refractivity contribution in [1.29, 1.82) is 0 Å². The number of rotatable bonds is 10. The van der Waals surface area contributed by atoms with Crippen molar-refractivity contribution in [3.8, 4) is 11.5 Å². The standard InChI is InChI=1S/C22H27N3O4/c1-16(2)14-28-19-9-7-18(8-10-19)12-24-25-21(26)13-23-22(27)15-29-20-6-4-5-17(3)11-20/h4-12,16H,13-15H2,1-3H3,(H,23,27)(H,25,26). The maximum atomic E-state index is 11.8. The van der Waals surface area contributed by atoms with Crippen LogP contribution >= 0.6 is 0 Å². The van der Waals surface area contributed by atoms with Crippen molar-refractivity contribution in [2.45, 2.75) is 20.8 Å². The molecule has 0 atom stereocenters. The van der Waals surface area contributed by atoms with Gasteiger partial charge in [0.15, 0.2) is 6.61 Å². The van der Waals surface area contributed by atoms with E-state index in [-0.39, 0.29) is 19.1 Å². The molecule has 2 aromatic rings. The Labute approximate surface area is 171 Å². The molecular formula is C22H27N3O4. The van der Waals surface area contributed by atoms with E-state index >= 15 is 0 Å². The van der Waals surface area contributed by atoms with Crippen LogP contribution in [0.5, 0.6) is 11.5 Å². The van der Waals surface area contributed by atoms with Crippen LogP contribution in [0.3, 0.4) is 0 Å². The quantitative estimate of drug-likeness (QED) is 0.477. The Morgan fingerprint density at radius 3 is 2.48 bits per heavy atom. The summed E-state index contributed by atoms with van der Waals surface area (Å²) in [5.74, 6) is 1.04. The van der Waals surface area contributed by atoms with Crippen LogP contribution in [0.25, 0.3) is 0 Å². The molecule has 0 unspecified atom stereocenters.